The van der Waals surface area contributed by atoms with Crippen LogP contribution in [-0.2, 0) is 19.1 Å². The summed E-state index contributed by atoms with van der Waals surface area (Å²) in [6, 6.07) is 0. The Hall–Kier alpha value is -1.89. The van der Waals surface area contributed by atoms with E-state index in [1.807, 2.05) is 0 Å². The van der Waals surface area contributed by atoms with Crippen LogP contribution in [0.1, 0.15) is 126 Å². The van der Waals surface area contributed by atoms with E-state index >= 15 is 0 Å². The third-order valence-electron chi connectivity index (χ3n) is 15.3. The molecule has 1 amide bonds. The molecule has 0 aromatic heterocycles. The van der Waals surface area contributed by atoms with Gasteiger partial charge in [0.25, 0.3) is 0 Å². The summed E-state index contributed by atoms with van der Waals surface area (Å²) >= 11 is 0. The Kier molecular flexibility index (Phi) is 8.70. The molecule has 7 nitrogen and oxygen atoms in total. The van der Waals surface area contributed by atoms with Gasteiger partial charge in [-0.25, -0.2) is 0 Å². The Balaban J connectivity index is 1.42. The van der Waals surface area contributed by atoms with E-state index < -0.39 is 17.4 Å². The monoisotopic (exact) mass is 626 g/mol. The number of esters is 1. The Labute approximate surface area is 272 Å². The number of carbonyl (C=O) groups is 3. The minimum Gasteiger partial charge on any atom is -0.481 e. The molecule has 0 bridgehead atoms. The largest absolute Gasteiger partial charge is 0.481 e. The van der Waals surface area contributed by atoms with Crippen molar-refractivity contribution in [3.8, 4) is 0 Å². The van der Waals surface area contributed by atoms with E-state index in [-0.39, 0.29) is 45.5 Å². The van der Waals surface area contributed by atoms with E-state index in [1.54, 1.807) is 13.8 Å². The van der Waals surface area contributed by atoms with Crippen molar-refractivity contribution in [1.82, 2.24) is 5.32 Å². The first-order valence-electron chi connectivity index (χ1n) is 17.9. The highest BCUT2D eigenvalue weighted by atomic mass is 16.5. The fraction of sp³-hybridized carbons (Fsp3) is 0.868. The highest BCUT2D eigenvalue weighted by molar-refractivity contribution is 5.84. The van der Waals surface area contributed by atoms with Crippen LogP contribution in [0.3, 0.4) is 0 Å². The van der Waals surface area contributed by atoms with Crippen molar-refractivity contribution in [3.63, 3.8) is 0 Å². The fourth-order valence-electron chi connectivity index (χ4n) is 12.7. The van der Waals surface area contributed by atoms with E-state index in [4.69, 9.17) is 10.5 Å². The Morgan fingerprint density at radius 1 is 0.911 bits per heavy atom. The number of carbonyl (C=O) groups excluding carboxylic acids is 2. The van der Waals surface area contributed by atoms with Gasteiger partial charge in [-0.1, -0.05) is 46.8 Å². The van der Waals surface area contributed by atoms with Crippen molar-refractivity contribution >= 4 is 17.8 Å². The number of hydrogen-bond acceptors (Lipinski definition) is 5. The first kappa shape index (κ1) is 34.4. The number of fused-ring (bicyclic) bond motifs is 7. The van der Waals surface area contributed by atoms with Gasteiger partial charge in [0.1, 0.15) is 6.10 Å². The van der Waals surface area contributed by atoms with E-state index in [0.29, 0.717) is 42.7 Å². The molecule has 5 aliphatic rings. The lowest BCUT2D eigenvalue weighted by Gasteiger charge is -2.72. The summed E-state index contributed by atoms with van der Waals surface area (Å²) in [5.41, 5.74) is 5.82. The molecule has 0 unspecified atom stereocenters. The van der Waals surface area contributed by atoms with Crippen LogP contribution in [0.4, 0.5) is 0 Å². The summed E-state index contributed by atoms with van der Waals surface area (Å²) in [6.45, 7) is 23.1. The van der Waals surface area contributed by atoms with Crippen LogP contribution < -0.4 is 11.1 Å². The molecule has 0 heterocycles. The van der Waals surface area contributed by atoms with Gasteiger partial charge in [-0.05, 0) is 131 Å². The molecular formula is C38H62N2O5. The van der Waals surface area contributed by atoms with Crippen molar-refractivity contribution in [2.45, 2.75) is 132 Å². The van der Waals surface area contributed by atoms with Gasteiger partial charge in [0.05, 0.1) is 17.3 Å². The molecule has 45 heavy (non-hydrogen) atoms. The summed E-state index contributed by atoms with van der Waals surface area (Å²) < 4.78 is 6.14. The predicted octanol–water partition coefficient (Wildman–Crippen LogP) is 7.13. The standard InChI is InChI=1S/C38H62N2O5/c1-23(2)24-12-17-38(31(42)40-21-20-39)19-18-36(8)25(30(24)38)10-11-27-35(7)15-14-28(45-29(41)22-33(3,4)32(43)44)34(5,6)26(35)13-16-37(27,36)9/h24-28,30H,1,10-22,39H2,2-9H3,(H,40,42)(H,43,44)/t24-,25-,26-,27+,28-,30+,35-,36+,37+,38-/m0/s1. The molecule has 0 aromatic rings. The fourth-order valence-corrected chi connectivity index (χ4v) is 12.7. The number of aliphatic carboxylic acids is 1. The zero-order chi connectivity index (χ0) is 33.4. The van der Waals surface area contributed by atoms with Crippen molar-refractivity contribution in [2.75, 3.05) is 13.1 Å². The summed E-state index contributed by atoms with van der Waals surface area (Å²) in [5.74, 6) is 1.04. The molecule has 4 N–H and O–H groups in total. The highest BCUT2D eigenvalue weighted by Gasteiger charge is 2.72. The first-order valence-corrected chi connectivity index (χ1v) is 17.9. The van der Waals surface area contributed by atoms with Crippen LogP contribution in [-0.4, -0.2) is 42.1 Å². The third kappa shape index (κ3) is 5.03. The number of amides is 1. The minimum atomic E-state index is -1.14. The number of allylic oxidation sites excluding steroid dienone is 1. The molecule has 254 valence electrons. The summed E-state index contributed by atoms with van der Waals surface area (Å²) in [6.07, 6.45) is 10.1. The summed E-state index contributed by atoms with van der Waals surface area (Å²) in [4.78, 5) is 38.6. The number of hydrogen-bond donors (Lipinski definition) is 3. The lowest BCUT2D eigenvalue weighted by molar-refractivity contribution is -0.249. The molecule has 0 radical (unpaired) electrons. The number of carboxylic acids is 1. The average Bonchev–Trinajstić information content (AvgIpc) is 3.34. The molecule has 10 atom stereocenters. The highest BCUT2D eigenvalue weighted by Crippen LogP contribution is 2.77. The summed E-state index contributed by atoms with van der Waals surface area (Å²) in [5, 5.41) is 12.8. The Morgan fingerprint density at radius 2 is 1.60 bits per heavy atom. The molecule has 5 rings (SSSR count). The normalized spacial score (nSPS) is 43.6. The van der Waals surface area contributed by atoms with Gasteiger partial charge in [0, 0.05) is 18.5 Å². The second-order valence-electron chi connectivity index (χ2n) is 18.1. The maximum Gasteiger partial charge on any atom is 0.309 e. The number of nitrogens with two attached hydrogens (primary N) is 1. The van der Waals surface area contributed by atoms with Gasteiger partial charge < -0.3 is 20.9 Å². The summed E-state index contributed by atoms with van der Waals surface area (Å²) in [7, 11) is 0. The van der Waals surface area contributed by atoms with Crippen molar-refractivity contribution < 1.29 is 24.2 Å². The van der Waals surface area contributed by atoms with Gasteiger partial charge in [-0.3, -0.25) is 14.4 Å². The van der Waals surface area contributed by atoms with Crippen LogP contribution in [0.25, 0.3) is 0 Å². The Morgan fingerprint density at radius 3 is 2.22 bits per heavy atom. The smallest absolute Gasteiger partial charge is 0.309 e. The average molecular weight is 627 g/mol. The van der Waals surface area contributed by atoms with Gasteiger partial charge in [-0.2, -0.15) is 0 Å². The van der Waals surface area contributed by atoms with Crippen LogP contribution >= 0.6 is 0 Å². The number of carboxylic acid groups (broad SMARTS) is 1. The van der Waals surface area contributed by atoms with Crippen LogP contribution in [0.5, 0.6) is 0 Å². The molecule has 5 aliphatic carbocycles. The first-order chi connectivity index (χ1) is 20.8. The molecule has 7 heteroatoms. The van der Waals surface area contributed by atoms with E-state index in [1.165, 1.54) is 12.0 Å². The van der Waals surface area contributed by atoms with E-state index in [0.717, 1.165) is 57.8 Å². The molecule has 0 saturated heterocycles. The number of nitrogens with one attached hydrogen (secondary N) is 1. The van der Waals surface area contributed by atoms with Crippen molar-refractivity contribution in [2.24, 2.45) is 67.8 Å². The molecular weight excluding hydrogens is 564 g/mol. The second-order valence-corrected chi connectivity index (χ2v) is 18.1. The number of ether oxygens (including phenoxy) is 1. The minimum absolute atomic E-state index is 0.116. The van der Waals surface area contributed by atoms with E-state index in [2.05, 4.69) is 53.4 Å². The number of rotatable bonds is 8. The zero-order valence-corrected chi connectivity index (χ0v) is 29.5. The molecule has 5 saturated carbocycles. The maximum atomic E-state index is 13.9. The second kappa shape index (κ2) is 11.4. The van der Waals surface area contributed by atoms with Crippen LogP contribution in [0.2, 0.25) is 0 Å². The molecule has 5 fully saturated rings. The Bertz CT molecular complexity index is 1230. The topological polar surface area (TPSA) is 119 Å². The lowest BCUT2D eigenvalue weighted by atomic mass is 9.32. The van der Waals surface area contributed by atoms with Crippen LogP contribution in [0, 0.1) is 62.1 Å². The van der Waals surface area contributed by atoms with Crippen molar-refractivity contribution in [1.29, 1.82) is 0 Å². The predicted molar refractivity (Wildman–Crippen MR) is 177 cm³/mol. The quantitative estimate of drug-likeness (QED) is 0.195. The van der Waals surface area contributed by atoms with Gasteiger partial charge in [-0.15, -0.1) is 0 Å². The maximum absolute atomic E-state index is 13.9. The van der Waals surface area contributed by atoms with Gasteiger partial charge in [0.15, 0.2) is 0 Å². The molecule has 0 aliphatic heterocycles. The lowest BCUT2D eigenvalue weighted by Crippen LogP contribution is -2.67. The molecule has 0 aromatic carbocycles. The SMILES string of the molecule is C=C(C)[C@@H]1CC[C@]2(C(=O)NCCN)CC[C@]3(C)[C@@H](CC[C@@H]4[C@@]5(C)CC[C@H](OC(=O)CC(C)(C)C(=O)O)C(C)(C)[C@@H]5CC[C@]43C)[C@@H]12. The van der Waals surface area contributed by atoms with E-state index in [9.17, 15) is 19.5 Å². The van der Waals surface area contributed by atoms with Crippen LogP contribution in [0.15, 0.2) is 12.2 Å². The van der Waals surface area contributed by atoms with Gasteiger partial charge in [0.2, 0.25) is 5.91 Å². The third-order valence-corrected chi connectivity index (χ3v) is 15.3. The van der Waals surface area contributed by atoms with Gasteiger partial charge >= 0.3 is 11.9 Å². The molecule has 0 spiro atoms. The zero-order valence-electron chi connectivity index (χ0n) is 29.5. The van der Waals surface area contributed by atoms with Crippen molar-refractivity contribution in [3.05, 3.63) is 12.2 Å².